The van der Waals surface area contributed by atoms with Crippen LogP contribution >= 0.6 is 0 Å². The van der Waals surface area contributed by atoms with Crippen molar-refractivity contribution in [3.63, 3.8) is 0 Å². The first-order valence-electron chi connectivity index (χ1n) is 10.7. The molecule has 31 heavy (non-hydrogen) atoms. The molecule has 4 rings (SSSR count). The second kappa shape index (κ2) is 9.70. The minimum atomic E-state index is -0.626. The zero-order valence-electron chi connectivity index (χ0n) is 17.6. The van der Waals surface area contributed by atoms with Crippen molar-refractivity contribution in [3.05, 3.63) is 48.5 Å². The van der Waals surface area contributed by atoms with E-state index in [0.29, 0.717) is 50.8 Å². The van der Waals surface area contributed by atoms with Crippen molar-refractivity contribution in [2.75, 3.05) is 51.3 Å². The minimum absolute atomic E-state index is 0.0421. The normalized spacial score (nSPS) is 18.4. The third-order valence-electron chi connectivity index (χ3n) is 5.43. The van der Waals surface area contributed by atoms with Gasteiger partial charge in [-0.15, -0.1) is 0 Å². The molecule has 2 heterocycles. The molecule has 164 valence electrons. The molecule has 2 N–H and O–H groups in total. The van der Waals surface area contributed by atoms with Gasteiger partial charge in [0.25, 0.3) is 11.8 Å². The summed E-state index contributed by atoms with van der Waals surface area (Å²) in [6, 6.07) is 14.7. The van der Waals surface area contributed by atoms with E-state index >= 15 is 0 Å². The van der Waals surface area contributed by atoms with Gasteiger partial charge in [-0.2, -0.15) is 0 Å². The molecule has 1 saturated heterocycles. The topological polar surface area (TPSA) is 81.5 Å². The Morgan fingerprint density at radius 1 is 1.10 bits per heavy atom. The Kier molecular flexibility index (Phi) is 6.57. The Labute approximate surface area is 181 Å². The van der Waals surface area contributed by atoms with Gasteiger partial charge in [0.2, 0.25) is 6.10 Å². The van der Waals surface area contributed by atoms with Crippen LogP contribution in [0.5, 0.6) is 17.2 Å². The van der Waals surface area contributed by atoms with Crippen LogP contribution in [0.4, 0.5) is 5.69 Å². The van der Waals surface area contributed by atoms with Crippen molar-refractivity contribution in [1.29, 1.82) is 0 Å². The molecule has 0 unspecified atom stereocenters. The summed E-state index contributed by atoms with van der Waals surface area (Å²) in [5, 5.41) is 2.92. The number of anilines is 1. The van der Waals surface area contributed by atoms with Gasteiger partial charge in [0.05, 0.1) is 32.8 Å². The number of benzene rings is 2. The van der Waals surface area contributed by atoms with Crippen molar-refractivity contribution < 1.29 is 28.7 Å². The van der Waals surface area contributed by atoms with E-state index in [1.807, 2.05) is 49.4 Å². The SMILES string of the molecule is CCOc1ccc(NC(=O)C[NH+]2CCN(C(=O)[C@@H]3COc4ccccc4O3)CC2)cc1. The smallest absolute Gasteiger partial charge is 0.279 e. The molecular weight excluding hydrogens is 398 g/mol. The monoisotopic (exact) mass is 426 g/mol. The second-order valence-corrected chi connectivity index (χ2v) is 7.62. The summed E-state index contributed by atoms with van der Waals surface area (Å²) in [5.74, 6) is 1.94. The number of fused-ring (bicyclic) bond motifs is 1. The molecule has 1 fully saturated rings. The number of nitrogens with one attached hydrogen (secondary N) is 2. The highest BCUT2D eigenvalue weighted by Crippen LogP contribution is 2.31. The molecule has 0 saturated carbocycles. The van der Waals surface area contributed by atoms with E-state index in [0.717, 1.165) is 16.3 Å². The highest BCUT2D eigenvalue weighted by atomic mass is 16.6. The van der Waals surface area contributed by atoms with E-state index in [1.54, 1.807) is 11.0 Å². The summed E-state index contributed by atoms with van der Waals surface area (Å²) in [7, 11) is 0. The lowest BCUT2D eigenvalue weighted by atomic mass is 10.2. The van der Waals surface area contributed by atoms with Crippen molar-refractivity contribution in [2.24, 2.45) is 0 Å². The predicted octanol–water partition coefficient (Wildman–Crippen LogP) is 0.591. The van der Waals surface area contributed by atoms with Crippen LogP contribution in [0.15, 0.2) is 48.5 Å². The van der Waals surface area contributed by atoms with Crippen LogP contribution in [0.3, 0.4) is 0 Å². The van der Waals surface area contributed by atoms with Crippen molar-refractivity contribution in [2.45, 2.75) is 13.0 Å². The number of amides is 2. The lowest BCUT2D eigenvalue weighted by molar-refractivity contribution is -0.895. The van der Waals surface area contributed by atoms with Crippen molar-refractivity contribution >= 4 is 17.5 Å². The average molecular weight is 426 g/mol. The third-order valence-corrected chi connectivity index (χ3v) is 5.43. The number of nitrogens with zero attached hydrogens (tertiary/aromatic N) is 1. The molecule has 0 bridgehead atoms. The molecule has 2 aromatic carbocycles. The zero-order valence-corrected chi connectivity index (χ0v) is 17.6. The number of para-hydroxylation sites is 2. The number of piperazine rings is 1. The largest absolute Gasteiger partial charge is 0.494 e. The first-order valence-corrected chi connectivity index (χ1v) is 10.7. The van der Waals surface area contributed by atoms with E-state index in [4.69, 9.17) is 14.2 Å². The van der Waals surface area contributed by atoms with E-state index in [-0.39, 0.29) is 18.4 Å². The van der Waals surface area contributed by atoms with Gasteiger partial charge in [0.15, 0.2) is 18.0 Å². The van der Waals surface area contributed by atoms with Crippen LogP contribution in [0.1, 0.15) is 6.92 Å². The highest BCUT2D eigenvalue weighted by molar-refractivity contribution is 5.91. The number of hydrogen-bond acceptors (Lipinski definition) is 5. The quantitative estimate of drug-likeness (QED) is 0.707. The summed E-state index contributed by atoms with van der Waals surface area (Å²) in [6.45, 7) is 5.73. The maximum absolute atomic E-state index is 12.8. The highest BCUT2D eigenvalue weighted by Gasteiger charge is 2.34. The molecule has 2 aliphatic rings. The standard InChI is InChI=1S/C23H27N3O5/c1-2-29-18-9-7-17(8-10-18)24-22(27)15-25-11-13-26(14-12-25)23(28)21-16-30-19-5-3-4-6-20(19)31-21/h3-10,21H,2,11-16H2,1H3,(H,24,27)/p+1/t21-/m0/s1. The summed E-state index contributed by atoms with van der Waals surface area (Å²) >= 11 is 0. The van der Waals surface area contributed by atoms with E-state index in [2.05, 4.69) is 5.32 Å². The third kappa shape index (κ3) is 5.27. The fourth-order valence-electron chi connectivity index (χ4n) is 3.80. The van der Waals surface area contributed by atoms with Gasteiger partial charge in [-0.3, -0.25) is 9.59 Å². The minimum Gasteiger partial charge on any atom is -0.494 e. The summed E-state index contributed by atoms with van der Waals surface area (Å²) < 4.78 is 16.9. The first kappa shape index (κ1) is 21.0. The molecule has 8 heteroatoms. The van der Waals surface area contributed by atoms with Crippen LogP contribution < -0.4 is 24.4 Å². The van der Waals surface area contributed by atoms with Crippen LogP contribution in [-0.4, -0.2) is 68.8 Å². The van der Waals surface area contributed by atoms with E-state index in [9.17, 15) is 9.59 Å². The summed E-state index contributed by atoms with van der Waals surface area (Å²) in [4.78, 5) is 28.2. The number of hydrogen-bond donors (Lipinski definition) is 2. The van der Waals surface area contributed by atoms with Crippen LogP contribution in [0.2, 0.25) is 0 Å². The van der Waals surface area contributed by atoms with Gasteiger partial charge in [-0.25, -0.2) is 0 Å². The Balaban J connectivity index is 1.22. The van der Waals surface area contributed by atoms with Crippen molar-refractivity contribution in [1.82, 2.24) is 4.90 Å². The maximum Gasteiger partial charge on any atom is 0.279 e. The predicted molar refractivity (Wildman–Crippen MR) is 115 cm³/mol. The van der Waals surface area contributed by atoms with Gasteiger partial charge in [-0.05, 0) is 43.3 Å². The van der Waals surface area contributed by atoms with Crippen LogP contribution in [0, 0.1) is 0 Å². The Bertz CT molecular complexity index is 910. The van der Waals surface area contributed by atoms with Crippen LogP contribution in [-0.2, 0) is 9.59 Å². The summed E-state index contributed by atoms with van der Waals surface area (Å²) in [6.07, 6.45) is -0.626. The lowest BCUT2D eigenvalue weighted by Gasteiger charge is -2.35. The fourth-order valence-corrected chi connectivity index (χ4v) is 3.80. The second-order valence-electron chi connectivity index (χ2n) is 7.62. The van der Waals surface area contributed by atoms with E-state index in [1.165, 1.54) is 0 Å². The molecule has 0 radical (unpaired) electrons. The van der Waals surface area contributed by atoms with Gasteiger partial charge < -0.3 is 29.3 Å². The molecule has 2 aliphatic heterocycles. The molecular formula is C23H28N3O5+. The fraction of sp³-hybridized carbons (Fsp3) is 0.391. The Morgan fingerprint density at radius 2 is 1.81 bits per heavy atom. The van der Waals surface area contributed by atoms with Crippen molar-refractivity contribution in [3.8, 4) is 17.2 Å². The van der Waals surface area contributed by atoms with Gasteiger partial charge in [0, 0.05) is 5.69 Å². The molecule has 2 amide bonds. The number of rotatable bonds is 6. The molecule has 0 aliphatic carbocycles. The molecule has 8 nitrogen and oxygen atoms in total. The van der Waals surface area contributed by atoms with Gasteiger partial charge in [0.1, 0.15) is 12.4 Å². The van der Waals surface area contributed by atoms with Crippen LogP contribution in [0.25, 0.3) is 0 Å². The van der Waals surface area contributed by atoms with E-state index < -0.39 is 6.10 Å². The average Bonchev–Trinajstić information content (AvgIpc) is 2.80. The van der Waals surface area contributed by atoms with Gasteiger partial charge in [-0.1, -0.05) is 12.1 Å². The number of carbonyl (C=O) groups excluding carboxylic acids is 2. The zero-order chi connectivity index (χ0) is 21.6. The lowest BCUT2D eigenvalue weighted by Crippen LogP contribution is -3.15. The molecule has 0 aromatic heterocycles. The Morgan fingerprint density at radius 3 is 2.52 bits per heavy atom. The van der Waals surface area contributed by atoms with Gasteiger partial charge >= 0.3 is 0 Å². The first-order chi connectivity index (χ1) is 15.1. The number of quaternary nitrogens is 1. The Hall–Kier alpha value is -3.26. The molecule has 1 atom stereocenters. The number of ether oxygens (including phenoxy) is 3. The molecule has 2 aromatic rings. The number of carbonyl (C=O) groups is 2. The maximum atomic E-state index is 12.8. The molecule has 0 spiro atoms. The summed E-state index contributed by atoms with van der Waals surface area (Å²) in [5.41, 5.74) is 0.747.